The van der Waals surface area contributed by atoms with Crippen LogP contribution in [0.3, 0.4) is 0 Å². The van der Waals surface area contributed by atoms with Gasteiger partial charge in [0.1, 0.15) is 5.83 Å². The van der Waals surface area contributed by atoms with E-state index in [4.69, 9.17) is 5.11 Å². The van der Waals surface area contributed by atoms with Crippen molar-refractivity contribution in [2.75, 3.05) is 13.7 Å². The largest absolute Gasteiger partial charge is 0.465 e. The number of halogens is 1. The average Bonchev–Trinajstić information content (AvgIpc) is 1.98. The highest BCUT2D eigenvalue weighted by atomic mass is 19.1. The summed E-state index contributed by atoms with van der Waals surface area (Å²) in [5, 5.41) is 10.4. The summed E-state index contributed by atoms with van der Waals surface area (Å²) in [6, 6.07) is 0. The van der Waals surface area contributed by atoms with E-state index in [9.17, 15) is 9.18 Å². The summed E-state index contributed by atoms with van der Waals surface area (Å²) in [7, 11) is 1.64. The molecular formula is C8H13FN2O2. The molecule has 1 amide bonds. The molecule has 5 heteroatoms. The van der Waals surface area contributed by atoms with Crippen LogP contribution in [0.15, 0.2) is 24.2 Å². The Bertz CT molecular complexity index is 238. The van der Waals surface area contributed by atoms with Crippen molar-refractivity contribution in [1.29, 1.82) is 0 Å². The van der Waals surface area contributed by atoms with Gasteiger partial charge in [-0.1, -0.05) is 6.58 Å². The molecule has 0 aliphatic heterocycles. The maximum atomic E-state index is 12.3. The van der Waals surface area contributed by atoms with Gasteiger partial charge in [-0.15, -0.1) is 0 Å². The third-order valence-electron chi connectivity index (χ3n) is 1.44. The third-order valence-corrected chi connectivity index (χ3v) is 1.44. The summed E-state index contributed by atoms with van der Waals surface area (Å²) in [5.41, 5.74) is 0.598. The lowest BCUT2D eigenvalue weighted by molar-refractivity contribution is 0.188. The van der Waals surface area contributed by atoms with Gasteiger partial charge in [0.15, 0.2) is 0 Å². The Labute approximate surface area is 76.3 Å². The van der Waals surface area contributed by atoms with Crippen LogP contribution < -0.4 is 5.32 Å². The topological polar surface area (TPSA) is 52.6 Å². The Morgan fingerprint density at radius 1 is 1.77 bits per heavy atom. The molecule has 0 saturated carbocycles. The molecule has 0 radical (unpaired) electrons. The Balaban J connectivity index is 4.03. The minimum atomic E-state index is -1.11. The minimum Gasteiger partial charge on any atom is -0.465 e. The molecule has 4 nitrogen and oxygen atoms in total. The van der Waals surface area contributed by atoms with E-state index in [0.717, 1.165) is 0 Å². The molecule has 0 aromatic carbocycles. The summed E-state index contributed by atoms with van der Waals surface area (Å²) in [4.78, 5) is 11.7. The van der Waals surface area contributed by atoms with Gasteiger partial charge in [-0.3, -0.25) is 0 Å². The van der Waals surface area contributed by atoms with Gasteiger partial charge in [-0.05, 0) is 13.0 Å². The number of nitrogens with one attached hydrogen (secondary N) is 1. The van der Waals surface area contributed by atoms with Gasteiger partial charge < -0.3 is 15.3 Å². The lowest BCUT2D eigenvalue weighted by Crippen LogP contribution is -2.33. The molecule has 0 rings (SSSR count). The fraction of sp³-hybridized carbons (Fsp3) is 0.375. The number of rotatable bonds is 4. The molecular weight excluding hydrogens is 175 g/mol. The fourth-order valence-corrected chi connectivity index (χ4v) is 0.648. The zero-order chi connectivity index (χ0) is 10.4. The van der Waals surface area contributed by atoms with E-state index in [2.05, 4.69) is 11.9 Å². The van der Waals surface area contributed by atoms with E-state index in [1.54, 1.807) is 18.9 Å². The Morgan fingerprint density at radius 2 is 2.31 bits per heavy atom. The first kappa shape index (κ1) is 11.5. The van der Waals surface area contributed by atoms with Gasteiger partial charge in [-0.2, -0.15) is 0 Å². The van der Waals surface area contributed by atoms with Crippen molar-refractivity contribution in [3.63, 3.8) is 0 Å². The second-order valence-electron chi connectivity index (χ2n) is 2.57. The lowest BCUT2D eigenvalue weighted by atomic mass is 10.4. The van der Waals surface area contributed by atoms with Crippen molar-refractivity contribution in [2.24, 2.45) is 0 Å². The van der Waals surface area contributed by atoms with Gasteiger partial charge in [0.05, 0.1) is 6.67 Å². The molecule has 0 bridgehead atoms. The molecule has 2 N–H and O–H groups in total. The highest BCUT2D eigenvalue weighted by molar-refractivity contribution is 5.64. The number of amides is 1. The van der Waals surface area contributed by atoms with Crippen molar-refractivity contribution >= 4 is 6.09 Å². The summed E-state index contributed by atoms with van der Waals surface area (Å²) in [6.45, 7) is 4.84. The Kier molecular flexibility index (Phi) is 4.58. The van der Waals surface area contributed by atoms with Gasteiger partial charge in [0.25, 0.3) is 0 Å². The van der Waals surface area contributed by atoms with Crippen LogP contribution in [-0.2, 0) is 0 Å². The molecule has 0 unspecified atom stereocenters. The van der Waals surface area contributed by atoms with Crippen molar-refractivity contribution in [2.45, 2.75) is 6.92 Å². The van der Waals surface area contributed by atoms with Crippen LogP contribution in [0, 0.1) is 0 Å². The number of hydrogen-bond acceptors (Lipinski definition) is 2. The first-order chi connectivity index (χ1) is 5.93. The summed E-state index contributed by atoms with van der Waals surface area (Å²) in [5.74, 6) is -0.556. The highest BCUT2D eigenvalue weighted by Crippen LogP contribution is 2.03. The van der Waals surface area contributed by atoms with Crippen LogP contribution >= 0.6 is 0 Å². The molecule has 0 saturated heterocycles. The second kappa shape index (κ2) is 5.18. The van der Waals surface area contributed by atoms with Crippen molar-refractivity contribution in [3.05, 3.63) is 24.2 Å². The van der Waals surface area contributed by atoms with Crippen molar-refractivity contribution in [1.82, 2.24) is 10.2 Å². The van der Waals surface area contributed by atoms with Crippen LogP contribution in [0.2, 0.25) is 0 Å². The van der Waals surface area contributed by atoms with Gasteiger partial charge in [0.2, 0.25) is 0 Å². The maximum absolute atomic E-state index is 12.3. The molecule has 0 heterocycles. The molecule has 0 spiro atoms. The first-order valence-electron chi connectivity index (χ1n) is 3.64. The molecule has 0 aromatic heterocycles. The predicted octanol–water partition coefficient (Wildman–Crippen LogP) is 1.53. The summed E-state index contributed by atoms with van der Waals surface area (Å²) >= 11 is 0. The van der Waals surface area contributed by atoms with Crippen LogP contribution in [0.5, 0.6) is 0 Å². The van der Waals surface area contributed by atoms with Gasteiger partial charge >= 0.3 is 6.09 Å². The zero-order valence-electron chi connectivity index (χ0n) is 7.67. The molecule has 0 aromatic rings. The molecule has 0 aliphatic rings. The highest BCUT2D eigenvalue weighted by Gasteiger charge is 2.00. The average molecular weight is 188 g/mol. The predicted molar refractivity (Wildman–Crippen MR) is 47.8 cm³/mol. The smallest absolute Gasteiger partial charge is 0.406 e. The monoisotopic (exact) mass is 188 g/mol. The second-order valence-corrected chi connectivity index (χ2v) is 2.57. The number of nitrogens with zero attached hydrogens (tertiary/aromatic N) is 1. The van der Waals surface area contributed by atoms with E-state index in [1.807, 2.05) is 0 Å². The van der Waals surface area contributed by atoms with Crippen LogP contribution in [0.4, 0.5) is 9.18 Å². The van der Waals surface area contributed by atoms with Crippen molar-refractivity contribution < 1.29 is 14.3 Å². The van der Waals surface area contributed by atoms with E-state index in [-0.39, 0.29) is 6.67 Å². The SMILES string of the molecule is C=C(F)/C=C(\C)N(C)CNC(=O)O. The summed E-state index contributed by atoms with van der Waals surface area (Å²) < 4.78 is 12.3. The number of carboxylic acid groups (broad SMARTS) is 1. The maximum Gasteiger partial charge on any atom is 0.406 e. The van der Waals surface area contributed by atoms with E-state index in [0.29, 0.717) is 5.70 Å². The number of allylic oxidation sites excluding steroid dienone is 3. The van der Waals surface area contributed by atoms with E-state index in [1.165, 1.54) is 6.08 Å². The molecule has 13 heavy (non-hydrogen) atoms. The quantitative estimate of drug-likeness (QED) is 0.519. The van der Waals surface area contributed by atoms with E-state index >= 15 is 0 Å². The normalized spacial score (nSPS) is 10.8. The first-order valence-corrected chi connectivity index (χ1v) is 3.64. The molecule has 0 atom stereocenters. The molecule has 0 aliphatic carbocycles. The number of hydrogen-bond donors (Lipinski definition) is 2. The Hall–Kier alpha value is -1.52. The number of carbonyl (C=O) groups is 1. The minimum absolute atomic E-state index is 0.116. The van der Waals surface area contributed by atoms with Crippen LogP contribution in [0.25, 0.3) is 0 Å². The summed E-state index contributed by atoms with van der Waals surface area (Å²) in [6.07, 6.45) is 0.113. The lowest BCUT2D eigenvalue weighted by Gasteiger charge is -2.18. The molecule has 0 fully saturated rings. The van der Waals surface area contributed by atoms with Crippen molar-refractivity contribution in [3.8, 4) is 0 Å². The van der Waals surface area contributed by atoms with Crippen LogP contribution in [0.1, 0.15) is 6.92 Å². The third kappa shape index (κ3) is 5.72. The fourth-order valence-electron chi connectivity index (χ4n) is 0.648. The van der Waals surface area contributed by atoms with Gasteiger partial charge in [-0.25, -0.2) is 9.18 Å². The van der Waals surface area contributed by atoms with Gasteiger partial charge in [0, 0.05) is 12.7 Å². The van der Waals surface area contributed by atoms with Crippen LogP contribution in [-0.4, -0.2) is 29.8 Å². The van der Waals surface area contributed by atoms with E-state index < -0.39 is 11.9 Å². The standard InChI is InChI=1S/C8H13FN2O2/c1-6(9)4-7(2)11(3)5-10-8(12)13/h4,10H,1,5H2,2-3H3,(H,12,13)/b7-4+. The zero-order valence-corrected chi connectivity index (χ0v) is 7.67. The Morgan fingerprint density at radius 3 is 2.69 bits per heavy atom. The molecule has 74 valence electrons.